The molecule has 1 amide bonds. The van der Waals surface area contributed by atoms with Crippen LogP contribution in [0.15, 0.2) is 0 Å². The Labute approximate surface area is 90.8 Å². The molecule has 0 aliphatic heterocycles. The smallest absolute Gasteiger partial charge is 0.306 e. The van der Waals surface area contributed by atoms with Gasteiger partial charge in [0, 0.05) is 26.6 Å². The van der Waals surface area contributed by atoms with Gasteiger partial charge in [-0.3, -0.25) is 9.59 Å². The minimum Gasteiger partial charge on any atom is -0.466 e. The molecule has 0 aliphatic carbocycles. The van der Waals surface area contributed by atoms with E-state index in [1.54, 1.807) is 18.9 Å². The van der Waals surface area contributed by atoms with Crippen molar-refractivity contribution >= 4 is 11.9 Å². The van der Waals surface area contributed by atoms with Crippen molar-refractivity contribution in [1.29, 1.82) is 0 Å². The minimum absolute atomic E-state index is 0.0293. The first kappa shape index (κ1) is 13.9. The average Bonchev–Trinajstić information content (AvgIpc) is 2.22. The van der Waals surface area contributed by atoms with Crippen molar-refractivity contribution in [2.75, 3.05) is 33.8 Å². The Bertz CT molecular complexity index is 207. The van der Waals surface area contributed by atoms with Gasteiger partial charge >= 0.3 is 5.97 Å². The maximum Gasteiger partial charge on any atom is 0.306 e. The fraction of sp³-hybridized carbons (Fsp3) is 0.800. The fourth-order valence-corrected chi connectivity index (χ4v) is 1.04. The Kier molecular flexibility index (Phi) is 7.62. The second kappa shape index (κ2) is 8.23. The lowest BCUT2D eigenvalue weighted by Crippen LogP contribution is -2.33. The molecular weight excluding hydrogens is 196 g/mol. The number of hydrogen-bond donors (Lipinski definition) is 1. The zero-order chi connectivity index (χ0) is 11.7. The van der Waals surface area contributed by atoms with Crippen LogP contribution in [0, 0.1) is 0 Å². The first-order chi connectivity index (χ1) is 7.11. The first-order valence-corrected chi connectivity index (χ1v) is 5.16. The molecule has 15 heavy (non-hydrogen) atoms. The number of carbonyl (C=O) groups excluding carboxylic acids is 2. The molecule has 0 aromatic carbocycles. The second-order valence-electron chi connectivity index (χ2n) is 3.22. The van der Waals surface area contributed by atoms with E-state index in [9.17, 15) is 9.59 Å². The van der Waals surface area contributed by atoms with E-state index < -0.39 is 0 Å². The summed E-state index contributed by atoms with van der Waals surface area (Å²) in [5.74, 6) is -0.342. The molecule has 5 nitrogen and oxygen atoms in total. The predicted molar refractivity (Wildman–Crippen MR) is 57.4 cm³/mol. The van der Waals surface area contributed by atoms with Gasteiger partial charge in [-0.1, -0.05) is 0 Å². The number of rotatable bonds is 7. The van der Waals surface area contributed by atoms with Crippen molar-refractivity contribution < 1.29 is 14.3 Å². The highest BCUT2D eigenvalue weighted by Crippen LogP contribution is 1.97. The monoisotopic (exact) mass is 216 g/mol. The highest BCUT2D eigenvalue weighted by Gasteiger charge is 2.10. The lowest BCUT2D eigenvalue weighted by molar-refractivity contribution is -0.145. The van der Waals surface area contributed by atoms with Crippen LogP contribution in [0.4, 0.5) is 0 Å². The third-order valence-electron chi connectivity index (χ3n) is 1.97. The molecule has 0 aliphatic rings. The predicted octanol–water partition coefficient (Wildman–Crippen LogP) is 0.00750. The summed E-state index contributed by atoms with van der Waals surface area (Å²) < 4.78 is 4.73. The summed E-state index contributed by atoms with van der Waals surface area (Å²) >= 11 is 0. The van der Waals surface area contributed by atoms with Crippen LogP contribution >= 0.6 is 0 Å². The number of nitrogens with zero attached hydrogens (tertiary/aromatic N) is 1. The number of amides is 1. The summed E-state index contributed by atoms with van der Waals surface area (Å²) in [5, 5.41) is 2.95. The van der Waals surface area contributed by atoms with Gasteiger partial charge < -0.3 is 15.0 Å². The highest BCUT2D eigenvalue weighted by atomic mass is 16.5. The second-order valence-corrected chi connectivity index (χ2v) is 3.22. The number of hydrogen-bond acceptors (Lipinski definition) is 4. The molecule has 0 saturated heterocycles. The van der Waals surface area contributed by atoms with Crippen molar-refractivity contribution in [3.63, 3.8) is 0 Å². The van der Waals surface area contributed by atoms with Crippen LogP contribution in [0.1, 0.15) is 19.8 Å². The van der Waals surface area contributed by atoms with Crippen LogP contribution in [-0.2, 0) is 14.3 Å². The molecule has 0 bridgehead atoms. The van der Waals surface area contributed by atoms with Crippen LogP contribution in [0.3, 0.4) is 0 Å². The van der Waals surface area contributed by atoms with E-state index in [1.165, 1.54) is 0 Å². The van der Waals surface area contributed by atoms with Gasteiger partial charge in [0.05, 0.1) is 13.0 Å². The number of nitrogens with one attached hydrogen (secondary N) is 1. The van der Waals surface area contributed by atoms with Crippen molar-refractivity contribution in [3.8, 4) is 0 Å². The quantitative estimate of drug-likeness (QED) is 0.609. The number of ether oxygens (including phenoxy) is 1. The molecule has 88 valence electrons. The molecule has 0 aromatic rings. The summed E-state index contributed by atoms with van der Waals surface area (Å²) in [6, 6.07) is 0. The normalized spacial score (nSPS) is 9.80. The Balaban J connectivity index is 3.68. The molecule has 0 spiro atoms. The van der Waals surface area contributed by atoms with Crippen molar-refractivity contribution in [2.24, 2.45) is 0 Å². The standard InChI is InChI=1S/C10H20N2O3/c1-4-15-10(14)6-5-9(13)12(3)8-7-11-2/h11H,4-8H2,1-3H3. The maximum absolute atomic E-state index is 11.4. The van der Waals surface area contributed by atoms with Gasteiger partial charge in [-0.2, -0.15) is 0 Å². The third kappa shape index (κ3) is 6.90. The lowest BCUT2D eigenvalue weighted by atomic mass is 10.3. The number of likely N-dealkylation sites (N-methyl/N-ethyl adjacent to an activating group) is 2. The first-order valence-electron chi connectivity index (χ1n) is 5.16. The largest absolute Gasteiger partial charge is 0.466 e. The van der Waals surface area contributed by atoms with E-state index in [2.05, 4.69) is 5.32 Å². The molecule has 0 heterocycles. The third-order valence-corrected chi connectivity index (χ3v) is 1.97. The molecule has 0 fully saturated rings. The van der Waals surface area contributed by atoms with Gasteiger partial charge in [0.15, 0.2) is 0 Å². The van der Waals surface area contributed by atoms with Gasteiger partial charge in [0.1, 0.15) is 0 Å². The Morgan fingerprint density at radius 1 is 1.33 bits per heavy atom. The van der Waals surface area contributed by atoms with Crippen LogP contribution in [-0.4, -0.2) is 50.6 Å². The molecule has 0 saturated carbocycles. The van der Waals surface area contributed by atoms with Crippen molar-refractivity contribution in [3.05, 3.63) is 0 Å². The molecule has 5 heteroatoms. The SMILES string of the molecule is CCOC(=O)CCC(=O)N(C)CCNC. The van der Waals surface area contributed by atoms with Crippen molar-refractivity contribution in [1.82, 2.24) is 10.2 Å². The van der Waals surface area contributed by atoms with Crippen molar-refractivity contribution in [2.45, 2.75) is 19.8 Å². The maximum atomic E-state index is 11.4. The van der Waals surface area contributed by atoms with Gasteiger partial charge in [0.25, 0.3) is 0 Å². The zero-order valence-electron chi connectivity index (χ0n) is 9.71. The van der Waals surface area contributed by atoms with E-state index in [1.807, 2.05) is 7.05 Å². The minimum atomic E-state index is -0.312. The van der Waals surface area contributed by atoms with E-state index in [-0.39, 0.29) is 24.7 Å². The summed E-state index contributed by atoms with van der Waals surface area (Å²) in [5.41, 5.74) is 0. The fourth-order valence-electron chi connectivity index (χ4n) is 1.04. The zero-order valence-corrected chi connectivity index (χ0v) is 9.71. The van der Waals surface area contributed by atoms with Crippen LogP contribution in [0.25, 0.3) is 0 Å². The lowest BCUT2D eigenvalue weighted by Gasteiger charge is -2.16. The summed E-state index contributed by atoms with van der Waals surface area (Å²) in [6.45, 7) is 3.52. The van der Waals surface area contributed by atoms with Gasteiger partial charge in [-0.05, 0) is 14.0 Å². The van der Waals surface area contributed by atoms with Gasteiger partial charge in [0.2, 0.25) is 5.91 Å². The topological polar surface area (TPSA) is 58.6 Å². The number of carbonyl (C=O) groups is 2. The molecule has 0 radical (unpaired) electrons. The molecule has 0 aromatic heterocycles. The Morgan fingerprint density at radius 3 is 2.53 bits per heavy atom. The van der Waals surface area contributed by atoms with E-state index in [4.69, 9.17) is 4.74 Å². The summed E-state index contributed by atoms with van der Waals surface area (Å²) in [4.78, 5) is 24.0. The average molecular weight is 216 g/mol. The van der Waals surface area contributed by atoms with Gasteiger partial charge in [-0.25, -0.2) is 0 Å². The Morgan fingerprint density at radius 2 is 2.00 bits per heavy atom. The van der Waals surface area contributed by atoms with Crippen LogP contribution < -0.4 is 5.32 Å². The molecule has 0 rings (SSSR count). The van der Waals surface area contributed by atoms with Gasteiger partial charge in [-0.15, -0.1) is 0 Å². The van der Waals surface area contributed by atoms with Crippen LogP contribution in [0.5, 0.6) is 0 Å². The summed E-state index contributed by atoms with van der Waals surface area (Å²) in [6.07, 6.45) is 0.385. The molecule has 0 atom stereocenters. The molecule has 0 unspecified atom stereocenters. The summed E-state index contributed by atoms with van der Waals surface area (Å²) in [7, 11) is 3.56. The number of esters is 1. The Hall–Kier alpha value is -1.10. The van der Waals surface area contributed by atoms with E-state index in [0.717, 1.165) is 6.54 Å². The highest BCUT2D eigenvalue weighted by molar-refractivity contribution is 5.81. The van der Waals surface area contributed by atoms with Crippen LogP contribution in [0.2, 0.25) is 0 Å². The van der Waals surface area contributed by atoms with E-state index >= 15 is 0 Å². The van der Waals surface area contributed by atoms with E-state index in [0.29, 0.717) is 13.2 Å². The molecular formula is C10H20N2O3. The molecule has 1 N–H and O–H groups in total.